The van der Waals surface area contributed by atoms with E-state index in [2.05, 4.69) is 5.32 Å². The van der Waals surface area contributed by atoms with E-state index in [4.69, 9.17) is 23.2 Å². The normalized spacial score (nSPS) is 14.1. The van der Waals surface area contributed by atoms with Crippen molar-refractivity contribution in [2.45, 2.75) is 12.8 Å². The highest BCUT2D eigenvalue weighted by Crippen LogP contribution is 2.31. The van der Waals surface area contributed by atoms with E-state index in [0.717, 1.165) is 6.42 Å². The van der Waals surface area contributed by atoms with Gasteiger partial charge in [0.1, 0.15) is 5.82 Å². The maximum Gasteiger partial charge on any atom is 0.255 e. The molecule has 1 fully saturated rings. The Morgan fingerprint density at radius 2 is 1.96 bits per heavy atom. The van der Waals surface area contributed by atoms with Gasteiger partial charge in [0.2, 0.25) is 5.91 Å². The van der Waals surface area contributed by atoms with Crippen LogP contribution in [0.4, 0.5) is 15.8 Å². The second kappa shape index (κ2) is 6.79. The predicted octanol–water partition coefficient (Wildman–Crippen LogP) is 4.51. The second-order valence-electron chi connectivity index (χ2n) is 5.39. The third-order valence-corrected chi connectivity index (χ3v) is 4.30. The SMILES string of the molecule is O=C(Nc1cc(Cl)ccc1F)c1ccc(Cl)c(N2CCCC2=O)c1. The lowest BCUT2D eigenvalue weighted by Gasteiger charge is -2.18. The summed E-state index contributed by atoms with van der Waals surface area (Å²) in [5.74, 6) is -1.13. The molecule has 124 valence electrons. The molecule has 7 heteroatoms. The van der Waals surface area contributed by atoms with E-state index in [1.165, 1.54) is 30.3 Å². The molecule has 24 heavy (non-hydrogen) atoms. The smallest absolute Gasteiger partial charge is 0.255 e. The Balaban J connectivity index is 1.88. The summed E-state index contributed by atoms with van der Waals surface area (Å²) in [6.45, 7) is 0.562. The Morgan fingerprint density at radius 1 is 1.17 bits per heavy atom. The van der Waals surface area contributed by atoms with Gasteiger partial charge in [0.25, 0.3) is 5.91 Å². The zero-order valence-corrected chi connectivity index (χ0v) is 14.0. The highest BCUT2D eigenvalue weighted by atomic mass is 35.5. The van der Waals surface area contributed by atoms with Gasteiger partial charge in [0.15, 0.2) is 0 Å². The molecule has 0 aromatic heterocycles. The molecule has 0 unspecified atom stereocenters. The molecule has 0 saturated carbocycles. The van der Waals surface area contributed by atoms with E-state index in [1.54, 1.807) is 11.0 Å². The molecule has 2 aromatic carbocycles. The van der Waals surface area contributed by atoms with Crippen molar-refractivity contribution in [3.8, 4) is 0 Å². The van der Waals surface area contributed by atoms with E-state index in [1.807, 2.05) is 0 Å². The third kappa shape index (κ3) is 3.37. The van der Waals surface area contributed by atoms with Gasteiger partial charge in [-0.05, 0) is 42.8 Å². The first-order valence-electron chi connectivity index (χ1n) is 7.32. The summed E-state index contributed by atoms with van der Waals surface area (Å²) in [7, 11) is 0. The van der Waals surface area contributed by atoms with Crippen molar-refractivity contribution in [2.75, 3.05) is 16.8 Å². The molecule has 0 aliphatic carbocycles. The van der Waals surface area contributed by atoms with Crippen LogP contribution < -0.4 is 10.2 Å². The number of carbonyl (C=O) groups excluding carboxylic acids is 2. The van der Waals surface area contributed by atoms with Crippen molar-refractivity contribution in [3.63, 3.8) is 0 Å². The maximum atomic E-state index is 13.7. The first kappa shape index (κ1) is 16.7. The summed E-state index contributed by atoms with van der Waals surface area (Å²) < 4.78 is 13.7. The van der Waals surface area contributed by atoms with Crippen molar-refractivity contribution < 1.29 is 14.0 Å². The molecule has 4 nitrogen and oxygen atoms in total. The molecule has 0 spiro atoms. The Morgan fingerprint density at radius 3 is 2.67 bits per heavy atom. The average Bonchev–Trinajstić information content (AvgIpc) is 2.97. The van der Waals surface area contributed by atoms with Crippen LogP contribution in [-0.2, 0) is 4.79 Å². The number of halogens is 3. The van der Waals surface area contributed by atoms with E-state index in [0.29, 0.717) is 28.7 Å². The lowest BCUT2D eigenvalue weighted by atomic mass is 10.1. The largest absolute Gasteiger partial charge is 0.319 e. The van der Waals surface area contributed by atoms with Gasteiger partial charge in [-0.25, -0.2) is 4.39 Å². The predicted molar refractivity (Wildman–Crippen MR) is 92.4 cm³/mol. The van der Waals surface area contributed by atoms with Crippen molar-refractivity contribution in [1.82, 2.24) is 0 Å². The van der Waals surface area contributed by atoms with Crippen molar-refractivity contribution in [1.29, 1.82) is 0 Å². The van der Waals surface area contributed by atoms with Crippen molar-refractivity contribution >= 4 is 46.4 Å². The molecule has 2 aromatic rings. The number of carbonyl (C=O) groups is 2. The van der Waals surface area contributed by atoms with Crippen molar-refractivity contribution in [3.05, 3.63) is 57.8 Å². The number of rotatable bonds is 3. The summed E-state index contributed by atoms with van der Waals surface area (Å²) >= 11 is 12.0. The van der Waals surface area contributed by atoms with E-state index < -0.39 is 11.7 Å². The van der Waals surface area contributed by atoms with Crippen LogP contribution in [0.1, 0.15) is 23.2 Å². The standard InChI is InChI=1S/C17H13Cl2FN2O2/c18-11-4-6-13(20)14(9-11)21-17(24)10-3-5-12(19)15(8-10)22-7-1-2-16(22)23/h3-6,8-9H,1-2,7H2,(H,21,24). The van der Waals surface area contributed by atoms with Crippen LogP contribution in [0.5, 0.6) is 0 Å². The highest BCUT2D eigenvalue weighted by molar-refractivity contribution is 6.34. The van der Waals surface area contributed by atoms with Crippen molar-refractivity contribution in [2.24, 2.45) is 0 Å². The zero-order valence-electron chi connectivity index (χ0n) is 12.5. The summed E-state index contributed by atoms with van der Waals surface area (Å²) in [6, 6.07) is 8.49. The van der Waals surface area contributed by atoms with Gasteiger partial charge < -0.3 is 10.2 Å². The first-order valence-corrected chi connectivity index (χ1v) is 8.07. The summed E-state index contributed by atoms with van der Waals surface area (Å²) in [4.78, 5) is 25.8. The second-order valence-corrected chi connectivity index (χ2v) is 6.24. The fourth-order valence-electron chi connectivity index (χ4n) is 2.55. The van der Waals surface area contributed by atoms with Crippen LogP contribution in [0.2, 0.25) is 10.0 Å². The number of amides is 2. The number of hydrogen-bond acceptors (Lipinski definition) is 2. The fourth-order valence-corrected chi connectivity index (χ4v) is 2.94. The average molecular weight is 367 g/mol. The van der Waals surface area contributed by atoms with Gasteiger partial charge in [-0.1, -0.05) is 23.2 Å². The molecule has 2 amide bonds. The number of nitrogens with zero attached hydrogens (tertiary/aromatic N) is 1. The van der Waals surface area contributed by atoms with Gasteiger partial charge in [0.05, 0.1) is 16.4 Å². The molecular weight excluding hydrogens is 354 g/mol. The molecule has 0 atom stereocenters. The molecule has 1 aliphatic heterocycles. The van der Waals surface area contributed by atoms with Crippen LogP contribution in [-0.4, -0.2) is 18.4 Å². The molecular formula is C17H13Cl2FN2O2. The molecule has 0 bridgehead atoms. The van der Waals surface area contributed by atoms with Gasteiger partial charge in [0, 0.05) is 23.6 Å². The van der Waals surface area contributed by atoms with Crippen LogP contribution in [0.25, 0.3) is 0 Å². The Labute approximate surface area is 148 Å². The molecule has 1 heterocycles. The lowest BCUT2D eigenvalue weighted by Crippen LogP contribution is -2.24. The summed E-state index contributed by atoms with van der Waals surface area (Å²) in [5, 5.41) is 3.17. The quantitative estimate of drug-likeness (QED) is 0.868. The maximum absolute atomic E-state index is 13.7. The summed E-state index contributed by atoms with van der Waals surface area (Å²) in [6.07, 6.45) is 1.21. The Bertz CT molecular complexity index is 826. The molecule has 3 rings (SSSR count). The Kier molecular flexibility index (Phi) is 4.73. The zero-order chi connectivity index (χ0) is 17.3. The van der Waals surface area contributed by atoms with Crippen LogP contribution in [0, 0.1) is 5.82 Å². The molecule has 1 aliphatic rings. The topological polar surface area (TPSA) is 49.4 Å². The molecule has 0 radical (unpaired) electrons. The Hall–Kier alpha value is -2.11. The molecule has 1 N–H and O–H groups in total. The van der Waals surface area contributed by atoms with E-state index in [-0.39, 0.29) is 17.2 Å². The van der Waals surface area contributed by atoms with E-state index >= 15 is 0 Å². The molecule has 1 saturated heterocycles. The van der Waals surface area contributed by atoms with Gasteiger partial charge >= 0.3 is 0 Å². The highest BCUT2D eigenvalue weighted by Gasteiger charge is 2.24. The van der Waals surface area contributed by atoms with Gasteiger partial charge in [-0.15, -0.1) is 0 Å². The lowest BCUT2D eigenvalue weighted by molar-refractivity contribution is -0.117. The van der Waals surface area contributed by atoms with Gasteiger partial charge in [-0.2, -0.15) is 0 Å². The number of benzene rings is 2. The number of hydrogen-bond donors (Lipinski definition) is 1. The minimum Gasteiger partial charge on any atom is -0.319 e. The summed E-state index contributed by atoms with van der Waals surface area (Å²) in [5.41, 5.74) is 0.744. The first-order chi connectivity index (χ1) is 11.5. The minimum atomic E-state index is -0.586. The van der Waals surface area contributed by atoms with E-state index in [9.17, 15) is 14.0 Å². The van der Waals surface area contributed by atoms with Gasteiger partial charge in [-0.3, -0.25) is 9.59 Å². The van der Waals surface area contributed by atoms with Crippen LogP contribution in [0.3, 0.4) is 0 Å². The number of nitrogens with one attached hydrogen (secondary N) is 1. The monoisotopic (exact) mass is 366 g/mol. The fraction of sp³-hybridized carbons (Fsp3) is 0.176. The third-order valence-electron chi connectivity index (χ3n) is 3.75. The van der Waals surface area contributed by atoms with Crippen LogP contribution >= 0.6 is 23.2 Å². The van der Waals surface area contributed by atoms with Crippen LogP contribution in [0.15, 0.2) is 36.4 Å². The number of anilines is 2. The minimum absolute atomic E-state index is 0.0127.